The summed E-state index contributed by atoms with van der Waals surface area (Å²) in [5.74, 6) is 0.246. The number of pyridine rings is 1. The Labute approximate surface area is 201 Å². The van der Waals surface area contributed by atoms with Crippen molar-refractivity contribution in [1.82, 2.24) is 19.7 Å². The van der Waals surface area contributed by atoms with Crippen molar-refractivity contribution < 1.29 is 18.0 Å². The minimum Gasteiger partial charge on any atom is -0.361 e. The Balaban J connectivity index is 1.76. The molecule has 1 aliphatic rings. The SMILES string of the molecule is CC(=O)N1CCCC(c2cc3c(NC(C)c4cccc(C(F)(F)F)c4)nnc(C)c3n(C)c2=O)C1. The van der Waals surface area contributed by atoms with E-state index in [4.69, 9.17) is 0 Å². The van der Waals surface area contributed by atoms with Crippen LogP contribution < -0.4 is 10.9 Å². The Morgan fingerprint density at radius 2 is 1.97 bits per heavy atom. The van der Waals surface area contributed by atoms with Crippen LogP contribution in [0.4, 0.5) is 19.0 Å². The van der Waals surface area contributed by atoms with Crippen LogP contribution in [0.2, 0.25) is 0 Å². The zero-order valence-electron chi connectivity index (χ0n) is 20.1. The van der Waals surface area contributed by atoms with Crippen LogP contribution in [0.25, 0.3) is 10.9 Å². The van der Waals surface area contributed by atoms with Crippen LogP contribution in [0.1, 0.15) is 61.0 Å². The lowest BCUT2D eigenvalue weighted by atomic mass is 9.90. The average molecular weight is 488 g/mol. The summed E-state index contributed by atoms with van der Waals surface area (Å²) in [5, 5.41) is 12.3. The number of hydrogen-bond acceptors (Lipinski definition) is 5. The molecule has 4 rings (SSSR count). The van der Waals surface area contributed by atoms with Gasteiger partial charge in [-0.05, 0) is 50.5 Å². The molecule has 3 aromatic rings. The molecule has 1 fully saturated rings. The number of halogens is 3. The molecular formula is C25H28F3N5O2. The first-order valence-electron chi connectivity index (χ1n) is 11.5. The maximum Gasteiger partial charge on any atom is 0.416 e. The van der Waals surface area contributed by atoms with E-state index in [1.807, 2.05) is 0 Å². The van der Waals surface area contributed by atoms with Gasteiger partial charge in [0.1, 0.15) is 0 Å². The number of aromatic nitrogens is 3. The highest BCUT2D eigenvalue weighted by Gasteiger charge is 2.31. The van der Waals surface area contributed by atoms with Crippen LogP contribution in [-0.2, 0) is 18.0 Å². The molecule has 1 saturated heterocycles. The molecule has 1 aromatic carbocycles. The summed E-state index contributed by atoms with van der Waals surface area (Å²) < 4.78 is 41.1. The standard InChI is InChI=1S/C25H28F3N5O2/c1-14(17-7-5-9-19(11-17)25(26,27)28)29-23-21-12-20(18-8-6-10-33(13-18)16(3)34)24(35)32(4)22(21)15(2)30-31-23/h5,7,9,11-12,14,18H,6,8,10,13H2,1-4H3,(H,29,31). The van der Waals surface area contributed by atoms with Gasteiger partial charge in [0.2, 0.25) is 5.91 Å². The van der Waals surface area contributed by atoms with Crippen LogP contribution >= 0.6 is 0 Å². The fourth-order valence-corrected chi connectivity index (χ4v) is 4.79. The zero-order chi connectivity index (χ0) is 25.5. The van der Waals surface area contributed by atoms with Crippen LogP contribution in [0.15, 0.2) is 35.1 Å². The van der Waals surface area contributed by atoms with Crippen LogP contribution in [0, 0.1) is 6.92 Å². The maximum absolute atomic E-state index is 13.3. The number of likely N-dealkylation sites (tertiary alicyclic amines) is 1. The van der Waals surface area contributed by atoms with E-state index < -0.39 is 17.8 Å². The van der Waals surface area contributed by atoms with Gasteiger partial charge in [0.05, 0.1) is 22.8 Å². The van der Waals surface area contributed by atoms with E-state index in [1.165, 1.54) is 13.0 Å². The number of piperidine rings is 1. The second-order valence-electron chi connectivity index (χ2n) is 9.15. The molecule has 2 unspecified atom stereocenters. The molecule has 0 bridgehead atoms. The van der Waals surface area contributed by atoms with Crippen molar-refractivity contribution in [2.24, 2.45) is 7.05 Å². The van der Waals surface area contributed by atoms with E-state index in [0.717, 1.165) is 25.0 Å². The van der Waals surface area contributed by atoms with Crippen LogP contribution in [0.3, 0.4) is 0 Å². The smallest absolute Gasteiger partial charge is 0.361 e. The summed E-state index contributed by atoms with van der Waals surface area (Å²) in [6.07, 6.45) is -2.85. The van der Waals surface area contributed by atoms with E-state index in [1.54, 1.807) is 42.5 Å². The first kappa shape index (κ1) is 24.7. The number of benzene rings is 1. The minimum atomic E-state index is -4.44. The first-order chi connectivity index (χ1) is 16.5. The fraction of sp³-hybridized carbons (Fsp3) is 0.440. The monoisotopic (exact) mass is 487 g/mol. The summed E-state index contributed by atoms with van der Waals surface area (Å²) >= 11 is 0. The second kappa shape index (κ2) is 9.31. The van der Waals surface area contributed by atoms with Crippen molar-refractivity contribution in [3.05, 3.63) is 63.1 Å². The molecule has 1 aliphatic heterocycles. The van der Waals surface area contributed by atoms with Gasteiger partial charge in [0.25, 0.3) is 5.56 Å². The number of alkyl halides is 3. The van der Waals surface area contributed by atoms with Crippen molar-refractivity contribution in [2.45, 2.75) is 51.7 Å². The lowest BCUT2D eigenvalue weighted by Crippen LogP contribution is -2.39. The topological polar surface area (TPSA) is 80.1 Å². The first-order valence-corrected chi connectivity index (χ1v) is 11.5. The Morgan fingerprint density at radius 1 is 1.23 bits per heavy atom. The molecule has 2 aromatic heterocycles. The molecule has 10 heteroatoms. The van der Waals surface area contributed by atoms with Crippen molar-refractivity contribution in [3.63, 3.8) is 0 Å². The molecule has 0 spiro atoms. The number of carbonyl (C=O) groups excluding carboxylic acids is 1. The quantitative estimate of drug-likeness (QED) is 0.584. The highest BCUT2D eigenvalue weighted by molar-refractivity contribution is 5.91. The van der Waals surface area contributed by atoms with Crippen LogP contribution in [-0.4, -0.2) is 38.7 Å². The lowest BCUT2D eigenvalue weighted by Gasteiger charge is -2.32. The van der Waals surface area contributed by atoms with Gasteiger partial charge in [-0.1, -0.05) is 12.1 Å². The van der Waals surface area contributed by atoms with Gasteiger partial charge in [-0.2, -0.15) is 18.3 Å². The Morgan fingerprint density at radius 3 is 2.66 bits per heavy atom. The summed E-state index contributed by atoms with van der Waals surface area (Å²) in [6.45, 7) is 6.17. The molecule has 186 valence electrons. The summed E-state index contributed by atoms with van der Waals surface area (Å²) in [6, 6.07) is 6.45. The Bertz CT molecular complexity index is 1340. The number of rotatable bonds is 4. The zero-order valence-corrected chi connectivity index (χ0v) is 20.1. The number of aryl methyl sites for hydroxylation is 2. The van der Waals surface area contributed by atoms with Crippen molar-refractivity contribution >= 4 is 22.6 Å². The molecule has 3 heterocycles. The fourth-order valence-electron chi connectivity index (χ4n) is 4.79. The largest absolute Gasteiger partial charge is 0.416 e. The molecule has 35 heavy (non-hydrogen) atoms. The van der Waals surface area contributed by atoms with Crippen molar-refractivity contribution in [3.8, 4) is 0 Å². The van der Waals surface area contributed by atoms with Gasteiger partial charge >= 0.3 is 6.18 Å². The molecule has 1 N–H and O–H groups in total. The highest BCUT2D eigenvalue weighted by Crippen LogP contribution is 2.33. The Hall–Kier alpha value is -3.43. The predicted octanol–water partition coefficient (Wildman–Crippen LogP) is 4.55. The molecule has 0 radical (unpaired) electrons. The van der Waals surface area contributed by atoms with Gasteiger partial charge in [0, 0.05) is 43.9 Å². The number of hydrogen-bond donors (Lipinski definition) is 1. The van der Waals surface area contributed by atoms with Crippen molar-refractivity contribution in [2.75, 3.05) is 18.4 Å². The number of carbonyl (C=O) groups is 1. The van der Waals surface area contributed by atoms with Crippen LogP contribution in [0.5, 0.6) is 0 Å². The molecule has 7 nitrogen and oxygen atoms in total. The van der Waals surface area contributed by atoms with Gasteiger partial charge in [-0.25, -0.2) is 0 Å². The maximum atomic E-state index is 13.3. The normalized spacial score (nSPS) is 17.5. The second-order valence-corrected chi connectivity index (χ2v) is 9.15. The van der Waals surface area contributed by atoms with Gasteiger partial charge < -0.3 is 14.8 Å². The number of amides is 1. The summed E-state index contributed by atoms with van der Waals surface area (Å²) in [4.78, 5) is 27.0. The molecule has 0 aliphatic carbocycles. The van der Waals surface area contributed by atoms with E-state index in [2.05, 4.69) is 15.5 Å². The average Bonchev–Trinajstić information content (AvgIpc) is 2.82. The lowest BCUT2D eigenvalue weighted by molar-refractivity contribution is -0.137. The van der Waals surface area contributed by atoms with Gasteiger partial charge in [-0.3, -0.25) is 9.59 Å². The molecule has 1 amide bonds. The molecule has 2 atom stereocenters. The number of nitrogens with zero attached hydrogens (tertiary/aromatic N) is 4. The van der Waals surface area contributed by atoms with Gasteiger partial charge in [-0.15, -0.1) is 5.10 Å². The summed E-state index contributed by atoms with van der Waals surface area (Å²) in [5.41, 5.74) is 1.34. The third-order valence-electron chi connectivity index (χ3n) is 6.71. The number of nitrogens with one attached hydrogen (secondary N) is 1. The predicted molar refractivity (Wildman–Crippen MR) is 127 cm³/mol. The van der Waals surface area contributed by atoms with Crippen molar-refractivity contribution in [1.29, 1.82) is 0 Å². The summed E-state index contributed by atoms with van der Waals surface area (Å²) in [7, 11) is 1.68. The van der Waals surface area contributed by atoms with E-state index in [-0.39, 0.29) is 17.4 Å². The van der Waals surface area contributed by atoms with E-state index in [0.29, 0.717) is 46.6 Å². The van der Waals surface area contributed by atoms with Gasteiger partial charge in [0.15, 0.2) is 5.82 Å². The Kier molecular flexibility index (Phi) is 6.57. The third-order valence-corrected chi connectivity index (χ3v) is 6.71. The van der Waals surface area contributed by atoms with E-state index in [9.17, 15) is 22.8 Å². The number of fused-ring (bicyclic) bond motifs is 1. The minimum absolute atomic E-state index is 0.0220. The molecular weight excluding hydrogens is 459 g/mol. The number of anilines is 1. The molecule has 0 saturated carbocycles. The van der Waals surface area contributed by atoms with E-state index >= 15 is 0 Å². The third kappa shape index (κ3) is 4.87. The highest BCUT2D eigenvalue weighted by atomic mass is 19.4.